The van der Waals surface area contributed by atoms with Crippen molar-refractivity contribution in [3.8, 4) is 0 Å². The Labute approximate surface area is 99.8 Å². The monoisotopic (exact) mass is 232 g/mol. The van der Waals surface area contributed by atoms with Gasteiger partial charge in [-0.05, 0) is 12.8 Å². The topological polar surface area (TPSA) is 49.7 Å². The van der Waals surface area contributed by atoms with E-state index in [4.69, 9.17) is 4.74 Å². The highest BCUT2D eigenvalue weighted by molar-refractivity contribution is 4.58. The molecule has 0 saturated carbocycles. The molecule has 0 aliphatic rings. The molecular weight excluding hydrogens is 204 g/mol. The maximum atomic E-state index is 9.57. The number of hydrogen-bond acceptors (Lipinski definition) is 3. The van der Waals surface area contributed by atoms with Gasteiger partial charge in [0.1, 0.15) is 6.10 Å². The smallest absolute Gasteiger partial charge is 0.180 e. The van der Waals surface area contributed by atoms with Gasteiger partial charge in [-0.1, -0.05) is 52.4 Å². The quantitative estimate of drug-likeness (QED) is 0.425. The molecule has 0 fully saturated rings. The number of aliphatic hydroxyl groups excluding tert-OH is 2. The Hall–Kier alpha value is -0.120. The normalized spacial score (nSPS) is 15.0. The molecule has 0 aliphatic carbocycles. The summed E-state index contributed by atoms with van der Waals surface area (Å²) in [5.41, 5.74) is 0. The molecule has 2 atom stereocenters. The third-order valence-corrected chi connectivity index (χ3v) is 2.72. The van der Waals surface area contributed by atoms with Crippen molar-refractivity contribution in [1.29, 1.82) is 0 Å². The lowest BCUT2D eigenvalue weighted by atomic mass is 10.1. The first-order valence-corrected chi connectivity index (χ1v) is 6.70. The summed E-state index contributed by atoms with van der Waals surface area (Å²) in [6.07, 6.45) is 6.58. The molecule has 0 radical (unpaired) electrons. The number of aliphatic hydroxyl groups is 2. The molecule has 98 valence electrons. The highest BCUT2D eigenvalue weighted by Gasteiger charge is 2.15. The molecule has 0 rings (SSSR count). The Morgan fingerprint density at radius 1 is 0.875 bits per heavy atom. The molecule has 0 aromatic heterocycles. The molecule has 3 nitrogen and oxygen atoms in total. The SMILES string of the molecule is CCCCCCOC(O)C(O)CCCCC. The highest BCUT2D eigenvalue weighted by atomic mass is 16.6. The van der Waals surface area contributed by atoms with Crippen molar-refractivity contribution in [1.82, 2.24) is 0 Å². The van der Waals surface area contributed by atoms with E-state index in [-0.39, 0.29) is 0 Å². The first kappa shape index (κ1) is 15.9. The van der Waals surface area contributed by atoms with Crippen molar-refractivity contribution in [2.45, 2.75) is 77.6 Å². The van der Waals surface area contributed by atoms with Crippen molar-refractivity contribution < 1.29 is 14.9 Å². The number of rotatable bonds is 11. The summed E-state index contributed by atoms with van der Waals surface area (Å²) < 4.78 is 5.19. The maximum absolute atomic E-state index is 9.57. The molecule has 0 aromatic rings. The average molecular weight is 232 g/mol. The van der Waals surface area contributed by atoms with Crippen LogP contribution in [0.4, 0.5) is 0 Å². The molecule has 3 heteroatoms. The van der Waals surface area contributed by atoms with Crippen LogP contribution in [-0.4, -0.2) is 29.2 Å². The lowest BCUT2D eigenvalue weighted by Gasteiger charge is -2.18. The van der Waals surface area contributed by atoms with Crippen LogP contribution in [0.5, 0.6) is 0 Å². The fourth-order valence-electron chi connectivity index (χ4n) is 1.59. The predicted molar refractivity (Wildman–Crippen MR) is 66.2 cm³/mol. The Balaban J connectivity index is 3.36. The van der Waals surface area contributed by atoms with Gasteiger partial charge in [0.25, 0.3) is 0 Å². The summed E-state index contributed by atoms with van der Waals surface area (Å²) in [5, 5.41) is 19.1. The van der Waals surface area contributed by atoms with Gasteiger partial charge in [0.2, 0.25) is 0 Å². The molecule has 0 amide bonds. The van der Waals surface area contributed by atoms with Gasteiger partial charge >= 0.3 is 0 Å². The van der Waals surface area contributed by atoms with E-state index < -0.39 is 12.4 Å². The van der Waals surface area contributed by atoms with Gasteiger partial charge in [0.05, 0.1) is 0 Å². The van der Waals surface area contributed by atoms with E-state index in [0.717, 1.165) is 32.1 Å². The van der Waals surface area contributed by atoms with Crippen LogP contribution < -0.4 is 0 Å². The number of unbranched alkanes of at least 4 members (excludes halogenated alkanes) is 5. The second-order valence-corrected chi connectivity index (χ2v) is 4.39. The first-order chi connectivity index (χ1) is 7.72. The van der Waals surface area contributed by atoms with Crippen molar-refractivity contribution in [3.05, 3.63) is 0 Å². The van der Waals surface area contributed by atoms with Crippen LogP contribution in [0.25, 0.3) is 0 Å². The molecular formula is C13H28O3. The number of hydrogen-bond donors (Lipinski definition) is 2. The second kappa shape index (κ2) is 11.4. The Morgan fingerprint density at radius 2 is 1.50 bits per heavy atom. The van der Waals surface area contributed by atoms with E-state index >= 15 is 0 Å². The maximum Gasteiger partial charge on any atom is 0.180 e. The molecule has 0 bridgehead atoms. The van der Waals surface area contributed by atoms with Crippen LogP contribution in [-0.2, 0) is 4.74 Å². The van der Waals surface area contributed by atoms with Crippen LogP contribution in [0, 0.1) is 0 Å². The molecule has 0 spiro atoms. The predicted octanol–water partition coefficient (Wildman–Crippen LogP) is 2.84. The van der Waals surface area contributed by atoms with Gasteiger partial charge in [-0.25, -0.2) is 0 Å². The van der Waals surface area contributed by atoms with Gasteiger partial charge in [-0.15, -0.1) is 0 Å². The molecule has 2 unspecified atom stereocenters. The van der Waals surface area contributed by atoms with Crippen LogP contribution in [0.2, 0.25) is 0 Å². The summed E-state index contributed by atoms with van der Waals surface area (Å²) in [5.74, 6) is 0. The first-order valence-electron chi connectivity index (χ1n) is 6.70. The molecule has 0 saturated heterocycles. The minimum absolute atomic E-state index is 0.548. The Bertz CT molecular complexity index is 139. The Kier molecular flexibility index (Phi) is 11.3. The van der Waals surface area contributed by atoms with Crippen molar-refractivity contribution in [2.75, 3.05) is 6.61 Å². The highest BCUT2D eigenvalue weighted by Crippen LogP contribution is 2.08. The van der Waals surface area contributed by atoms with E-state index in [1.807, 2.05) is 0 Å². The van der Waals surface area contributed by atoms with Crippen molar-refractivity contribution in [3.63, 3.8) is 0 Å². The molecule has 2 N–H and O–H groups in total. The standard InChI is InChI=1S/C13H28O3/c1-3-5-7-9-11-16-13(15)12(14)10-8-6-4-2/h12-15H,3-11H2,1-2H3. The summed E-state index contributed by atoms with van der Waals surface area (Å²) in [7, 11) is 0. The van der Waals surface area contributed by atoms with Gasteiger partial charge in [-0.2, -0.15) is 0 Å². The third-order valence-electron chi connectivity index (χ3n) is 2.72. The van der Waals surface area contributed by atoms with E-state index in [1.165, 1.54) is 12.8 Å². The molecule has 16 heavy (non-hydrogen) atoms. The summed E-state index contributed by atoms with van der Waals surface area (Å²) in [6, 6.07) is 0. The average Bonchev–Trinajstić information content (AvgIpc) is 2.28. The molecule has 0 aliphatic heterocycles. The number of ether oxygens (including phenoxy) is 1. The fourth-order valence-corrected chi connectivity index (χ4v) is 1.59. The van der Waals surface area contributed by atoms with Gasteiger partial charge < -0.3 is 14.9 Å². The zero-order valence-corrected chi connectivity index (χ0v) is 10.8. The minimum Gasteiger partial charge on any atom is -0.388 e. The van der Waals surface area contributed by atoms with E-state index in [2.05, 4.69) is 13.8 Å². The van der Waals surface area contributed by atoms with Crippen LogP contribution in [0.3, 0.4) is 0 Å². The third kappa shape index (κ3) is 9.13. The fraction of sp³-hybridized carbons (Fsp3) is 1.00. The summed E-state index contributed by atoms with van der Waals surface area (Å²) in [6.45, 7) is 4.83. The lowest BCUT2D eigenvalue weighted by molar-refractivity contribution is -0.163. The molecule has 0 heterocycles. The zero-order valence-electron chi connectivity index (χ0n) is 10.8. The van der Waals surface area contributed by atoms with Gasteiger partial charge in [-0.3, -0.25) is 0 Å². The zero-order chi connectivity index (χ0) is 12.2. The van der Waals surface area contributed by atoms with E-state index in [0.29, 0.717) is 13.0 Å². The van der Waals surface area contributed by atoms with E-state index in [9.17, 15) is 10.2 Å². The molecule has 0 aromatic carbocycles. The second-order valence-electron chi connectivity index (χ2n) is 4.39. The lowest BCUT2D eigenvalue weighted by Crippen LogP contribution is -2.29. The van der Waals surface area contributed by atoms with E-state index in [1.54, 1.807) is 0 Å². The van der Waals surface area contributed by atoms with Gasteiger partial charge in [0.15, 0.2) is 6.29 Å². The van der Waals surface area contributed by atoms with Crippen LogP contribution >= 0.6 is 0 Å². The van der Waals surface area contributed by atoms with Crippen molar-refractivity contribution >= 4 is 0 Å². The summed E-state index contributed by atoms with van der Waals surface area (Å²) in [4.78, 5) is 0. The minimum atomic E-state index is -1.00. The van der Waals surface area contributed by atoms with Crippen LogP contribution in [0.1, 0.15) is 65.2 Å². The van der Waals surface area contributed by atoms with Crippen molar-refractivity contribution in [2.24, 2.45) is 0 Å². The van der Waals surface area contributed by atoms with Crippen LogP contribution in [0.15, 0.2) is 0 Å². The Morgan fingerprint density at radius 3 is 2.12 bits per heavy atom. The van der Waals surface area contributed by atoms with Gasteiger partial charge in [0, 0.05) is 6.61 Å². The largest absolute Gasteiger partial charge is 0.388 e. The summed E-state index contributed by atoms with van der Waals surface area (Å²) >= 11 is 0.